The molecule has 22 heavy (non-hydrogen) atoms. The van der Waals surface area contributed by atoms with Gasteiger partial charge >= 0.3 is 0 Å². The molecule has 0 saturated heterocycles. The maximum atomic E-state index is 13.3. The number of rotatable bonds is 3. The number of benzene rings is 2. The van der Waals surface area contributed by atoms with Gasteiger partial charge in [0.1, 0.15) is 11.6 Å². The quantitative estimate of drug-likeness (QED) is 0.930. The van der Waals surface area contributed by atoms with Crippen molar-refractivity contribution in [2.75, 3.05) is 12.4 Å². The predicted octanol–water partition coefficient (Wildman–Crippen LogP) is 3.94. The highest BCUT2D eigenvalue weighted by Gasteiger charge is 2.42. The zero-order chi connectivity index (χ0) is 15.9. The molecule has 5 heteroatoms. The Labute approximate surface area is 133 Å². The molecule has 0 aromatic heterocycles. The van der Waals surface area contributed by atoms with Gasteiger partial charge in [0.05, 0.1) is 17.5 Å². The molecule has 0 saturated carbocycles. The lowest BCUT2D eigenvalue weighted by molar-refractivity contribution is -0.120. The summed E-state index contributed by atoms with van der Waals surface area (Å²) < 4.78 is 18.5. The number of methoxy groups -OCH3 is 1. The summed E-state index contributed by atoms with van der Waals surface area (Å²) in [5.41, 5.74) is 1.71. The number of nitrogens with one attached hydrogen (secondary N) is 1. The number of halogens is 2. The normalized spacial score (nSPS) is 19.7. The highest BCUT2D eigenvalue weighted by molar-refractivity contribution is 6.30. The van der Waals surface area contributed by atoms with Crippen LogP contribution in [0.1, 0.15) is 18.1 Å². The molecule has 2 aromatic carbocycles. The van der Waals surface area contributed by atoms with Crippen molar-refractivity contribution in [3.63, 3.8) is 0 Å². The van der Waals surface area contributed by atoms with Crippen LogP contribution in [0.15, 0.2) is 36.4 Å². The van der Waals surface area contributed by atoms with Gasteiger partial charge in [0.2, 0.25) is 5.91 Å². The van der Waals surface area contributed by atoms with Crippen LogP contribution in [0.2, 0.25) is 5.02 Å². The van der Waals surface area contributed by atoms with Crippen molar-refractivity contribution in [1.82, 2.24) is 0 Å². The minimum atomic E-state index is -0.745. The van der Waals surface area contributed by atoms with Gasteiger partial charge in [-0.3, -0.25) is 4.79 Å². The van der Waals surface area contributed by atoms with E-state index in [1.54, 1.807) is 25.3 Å². The minimum absolute atomic E-state index is 0.0605. The Morgan fingerprint density at radius 3 is 2.73 bits per heavy atom. The summed E-state index contributed by atoms with van der Waals surface area (Å²) in [6.45, 7) is 1.87. The molecule has 1 atom stereocenters. The number of ether oxygens (including phenoxy) is 1. The number of anilines is 1. The Balaban J connectivity index is 2.02. The highest BCUT2D eigenvalue weighted by atomic mass is 35.5. The van der Waals surface area contributed by atoms with Crippen molar-refractivity contribution < 1.29 is 13.9 Å². The summed E-state index contributed by atoms with van der Waals surface area (Å²) in [4.78, 5) is 12.4. The second-order valence-corrected chi connectivity index (χ2v) is 6.03. The van der Waals surface area contributed by atoms with Crippen LogP contribution < -0.4 is 10.1 Å². The smallest absolute Gasteiger partial charge is 0.235 e. The summed E-state index contributed by atoms with van der Waals surface area (Å²) in [7, 11) is 1.59. The van der Waals surface area contributed by atoms with E-state index in [1.807, 2.05) is 19.1 Å². The standard InChI is InChI=1S/C17H15ClFNO2/c1-17(9-10-3-5-14(19)13(18)7-10)12-8-11(22-2)4-6-15(12)20-16(17)21/h3-8H,9H2,1-2H3,(H,20,21). The third-order valence-electron chi connectivity index (χ3n) is 4.11. The second-order valence-electron chi connectivity index (χ2n) is 5.62. The van der Waals surface area contributed by atoms with Crippen molar-refractivity contribution in [2.24, 2.45) is 0 Å². The van der Waals surface area contributed by atoms with Crippen LogP contribution in [0.3, 0.4) is 0 Å². The topological polar surface area (TPSA) is 38.3 Å². The van der Waals surface area contributed by atoms with E-state index in [9.17, 15) is 9.18 Å². The van der Waals surface area contributed by atoms with Gasteiger partial charge in [0.25, 0.3) is 0 Å². The molecule has 0 fully saturated rings. The molecule has 1 heterocycles. The number of carbonyl (C=O) groups excluding carboxylic acids is 1. The molecule has 1 aliphatic heterocycles. The maximum Gasteiger partial charge on any atom is 0.235 e. The van der Waals surface area contributed by atoms with E-state index in [0.717, 1.165) is 16.8 Å². The molecule has 0 radical (unpaired) electrons. The third kappa shape index (κ3) is 2.33. The lowest BCUT2D eigenvalue weighted by Crippen LogP contribution is -2.33. The Morgan fingerprint density at radius 2 is 2.05 bits per heavy atom. The lowest BCUT2D eigenvalue weighted by atomic mass is 9.78. The van der Waals surface area contributed by atoms with Gasteiger partial charge in [-0.25, -0.2) is 4.39 Å². The van der Waals surface area contributed by atoms with Gasteiger partial charge in [0, 0.05) is 5.69 Å². The molecule has 2 aromatic rings. The Morgan fingerprint density at radius 1 is 1.27 bits per heavy atom. The molecule has 3 nitrogen and oxygen atoms in total. The van der Waals surface area contributed by atoms with E-state index >= 15 is 0 Å². The van der Waals surface area contributed by atoms with E-state index in [1.165, 1.54) is 6.07 Å². The van der Waals surface area contributed by atoms with Crippen molar-refractivity contribution in [3.8, 4) is 5.75 Å². The number of fused-ring (bicyclic) bond motifs is 1. The molecule has 114 valence electrons. The Hall–Kier alpha value is -2.07. The van der Waals surface area contributed by atoms with Crippen LogP contribution in [0.4, 0.5) is 10.1 Å². The van der Waals surface area contributed by atoms with Crippen LogP contribution in [-0.4, -0.2) is 13.0 Å². The summed E-state index contributed by atoms with van der Waals surface area (Å²) in [6, 6.07) is 10.0. The monoisotopic (exact) mass is 319 g/mol. The molecular weight excluding hydrogens is 305 g/mol. The van der Waals surface area contributed by atoms with Gasteiger partial charge < -0.3 is 10.1 Å². The van der Waals surface area contributed by atoms with E-state index in [4.69, 9.17) is 16.3 Å². The number of carbonyl (C=O) groups is 1. The molecule has 3 rings (SSSR count). The Kier molecular flexibility index (Phi) is 3.57. The molecule has 1 N–H and O–H groups in total. The molecule has 0 spiro atoms. The fourth-order valence-corrected chi connectivity index (χ4v) is 3.03. The highest BCUT2D eigenvalue weighted by Crippen LogP contribution is 2.42. The summed E-state index contributed by atoms with van der Waals surface area (Å²) in [6.07, 6.45) is 0.430. The summed E-state index contributed by atoms with van der Waals surface area (Å²) >= 11 is 5.83. The van der Waals surface area contributed by atoms with Gasteiger partial charge in [0.15, 0.2) is 0 Å². The molecule has 0 bridgehead atoms. The van der Waals surface area contributed by atoms with Crippen LogP contribution >= 0.6 is 11.6 Å². The number of hydrogen-bond acceptors (Lipinski definition) is 2. The average Bonchev–Trinajstić information content (AvgIpc) is 2.74. The van der Waals surface area contributed by atoms with Crippen molar-refractivity contribution in [3.05, 3.63) is 58.4 Å². The first kappa shape index (κ1) is 14.9. The fourth-order valence-electron chi connectivity index (χ4n) is 2.83. The zero-order valence-corrected chi connectivity index (χ0v) is 13.0. The maximum absolute atomic E-state index is 13.3. The molecule has 1 amide bonds. The first-order valence-electron chi connectivity index (χ1n) is 6.88. The van der Waals surface area contributed by atoms with E-state index < -0.39 is 11.2 Å². The molecular formula is C17H15ClFNO2. The van der Waals surface area contributed by atoms with Crippen LogP contribution in [-0.2, 0) is 16.6 Å². The summed E-state index contributed by atoms with van der Waals surface area (Å²) in [5.74, 6) is 0.142. The van der Waals surface area contributed by atoms with Crippen molar-refractivity contribution >= 4 is 23.2 Å². The number of hydrogen-bond donors (Lipinski definition) is 1. The van der Waals surface area contributed by atoms with E-state index in [2.05, 4.69) is 5.32 Å². The first-order chi connectivity index (χ1) is 10.4. The average molecular weight is 320 g/mol. The van der Waals surface area contributed by atoms with Crippen molar-refractivity contribution in [1.29, 1.82) is 0 Å². The van der Waals surface area contributed by atoms with Crippen LogP contribution in [0.25, 0.3) is 0 Å². The Bertz CT molecular complexity index is 762. The van der Waals surface area contributed by atoms with Gasteiger partial charge in [-0.15, -0.1) is 0 Å². The van der Waals surface area contributed by atoms with Gasteiger partial charge in [-0.2, -0.15) is 0 Å². The largest absolute Gasteiger partial charge is 0.497 e. The molecule has 1 unspecified atom stereocenters. The lowest BCUT2D eigenvalue weighted by Gasteiger charge is -2.23. The fraction of sp³-hybridized carbons (Fsp3) is 0.235. The van der Waals surface area contributed by atoms with Crippen molar-refractivity contribution in [2.45, 2.75) is 18.8 Å². The second kappa shape index (κ2) is 5.29. The van der Waals surface area contributed by atoms with Gasteiger partial charge in [-0.1, -0.05) is 17.7 Å². The minimum Gasteiger partial charge on any atom is -0.497 e. The van der Waals surface area contributed by atoms with Gasteiger partial charge in [-0.05, 0) is 54.8 Å². The third-order valence-corrected chi connectivity index (χ3v) is 4.40. The molecule has 0 aliphatic carbocycles. The first-order valence-corrected chi connectivity index (χ1v) is 7.26. The van der Waals surface area contributed by atoms with E-state index in [0.29, 0.717) is 12.2 Å². The SMILES string of the molecule is COc1ccc2c(c1)C(C)(Cc1ccc(F)c(Cl)c1)C(=O)N2. The summed E-state index contributed by atoms with van der Waals surface area (Å²) in [5, 5.41) is 2.94. The van der Waals surface area contributed by atoms with Crippen LogP contribution in [0, 0.1) is 5.82 Å². The zero-order valence-electron chi connectivity index (χ0n) is 12.2. The van der Waals surface area contributed by atoms with Crippen LogP contribution in [0.5, 0.6) is 5.75 Å². The van der Waals surface area contributed by atoms with E-state index in [-0.39, 0.29) is 10.9 Å². The predicted molar refractivity (Wildman–Crippen MR) is 84.1 cm³/mol. The number of amides is 1. The molecule has 1 aliphatic rings.